The van der Waals surface area contributed by atoms with E-state index in [9.17, 15) is 14.4 Å². The van der Waals surface area contributed by atoms with Crippen molar-refractivity contribution in [3.8, 4) is 0 Å². The minimum absolute atomic E-state index is 0.258. The average molecular weight is 875 g/mol. The molecule has 0 bridgehead atoms. The summed E-state index contributed by atoms with van der Waals surface area (Å²) in [6.07, 6.45) is 16.6. The van der Waals surface area contributed by atoms with Gasteiger partial charge in [-0.3, -0.25) is 0 Å². The number of ether oxygens (including phenoxy) is 4. The van der Waals surface area contributed by atoms with Crippen LogP contribution in [-0.4, -0.2) is 44.3 Å². The Morgan fingerprint density at radius 2 is 0.656 bits per heavy atom. The summed E-state index contributed by atoms with van der Waals surface area (Å²) in [4.78, 5) is 42.9. The molecule has 5 rings (SSSR count). The molecule has 0 fully saturated rings. The van der Waals surface area contributed by atoms with E-state index in [0.29, 0.717) is 60.2 Å². The highest BCUT2D eigenvalue weighted by Crippen LogP contribution is 2.45. The third-order valence-electron chi connectivity index (χ3n) is 13.9. The molecule has 0 heterocycles. The van der Waals surface area contributed by atoms with Crippen molar-refractivity contribution in [2.45, 2.75) is 158 Å². The highest BCUT2D eigenvalue weighted by Gasteiger charge is 2.28. The Morgan fingerprint density at radius 3 is 0.938 bits per heavy atom. The molecule has 0 amide bonds. The minimum Gasteiger partial charge on any atom is -0.493 e. The molecule has 348 valence electrons. The van der Waals surface area contributed by atoms with Gasteiger partial charge in [0.1, 0.15) is 5.76 Å². The summed E-state index contributed by atoms with van der Waals surface area (Å²) in [6, 6.07) is 15.5. The van der Waals surface area contributed by atoms with Crippen molar-refractivity contribution in [1.29, 1.82) is 0 Å². The first-order valence-corrected chi connectivity index (χ1v) is 25.1. The lowest BCUT2D eigenvalue weighted by molar-refractivity contribution is 0.0418. The van der Waals surface area contributed by atoms with Crippen molar-refractivity contribution in [1.82, 2.24) is 0 Å². The highest BCUT2D eigenvalue weighted by molar-refractivity contribution is 6.37. The summed E-state index contributed by atoms with van der Waals surface area (Å²) in [6.45, 7) is 23.4. The van der Waals surface area contributed by atoms with Gasteiger partial charge in [-0.2, -0.15) is 0 Å². The van der Waals surface area contributed by atoms with Crippen LogP contribution in [0.5, 0.6) is 0 Å². The zero-order chi connectivity index (χ0) is 46.2. The quantitative estimate of drug-likeness (QED) is 0.0155. The second kappa shape index (κ2) is 25.2. The van der Waals surface area contributed by atoms with Gasteiger partial charge in [0.05, 0.1) is 43.1 Å². The van der Waals surface area contributed by atoms with Crippen LogP contribution in [0, 0.1) is 23.7 Å². The van der Waals surface area contributed by atoms with E-state index in [1.165, 1.54) is 0 Å². The fraction of sp³-hybridized carbons (Fsp3) is 0.561. The largest absolute Gasteiger partial charge is 0.493 e. The molecule has 0 saturated heterocycles. The van der Waals surface area contributed by atoms with Crippen LogP contribution in [0.25, 0.3) is 48.8 Å². The summed E-state index contributed by atoms with van der Waals surface area (Å²) in [5.41, 5.74) is 1.90. The molecule has 0 aromatic heterocycles. The number of benzene rings is 5. The standard InChI is InChI=1S/C57H78O7/c1-10-18-22-39(14-5)34-61-38(9)43-26-27-44-46-29-32-49(56(59)63-36-41(16-7)24-20-12-3)54-50(57(60)64-37-42(17-8)25-21-13-4)33-30-47(53(46)54)45-28-31-48(51(43)52(44)45)55(58)62-35-40(15-6)23-19-11-2/h26-33,39-42H,9-25,34-37H2,1-8H3. The van der Waals surface area contributed by atoms with Crippen molar-refractivity contribution in [3.63, 3.8) is 0 Å². The molecule has 0 aliphatic heterocycles. The highest BCUT2D eigenvalue weighted by atomic mass is 16.5. The number of rotatable bonds is 29. The van der Waals surface area contributed by atoms with Crippen LogP contribution < -0.4 is 0 Å². The number of fused-ring (bicyclic) bond motifs is 2. The van der Waals surface area contributed by atoms with Crippen LogP contribution in [0.1, 0.15) is 195 Å². The monoisotopic (exact) mass is 875 g/mol. The summed E-state index contributed by atoms with van der Waals surface area (Å²) in [5, 5.41) is 6.43. The number of carbonyl (C=O) groups excluding carboxylic acids is 3. The third kappa shape index (κ3) is 12.0. The maximum atomic E-state index is 14.3. The van der Waals surface area contributed by atoms with Crippen LogP contribution in [0.2, 0.25) is 0 Å². The Hall–Kier alpha value is -4.65. The Morgan fingerprint density at radius 1 is 0.391 bits per heavy atom. The molecule has 0 spiro atoms. The zero-order valence-corrected chi connectivity index (χ0v) is 40.6. The number of hydrogen-bond donors (Lipinski definition) is 0. The molecule has 5 aromatic carbocycles. The molecule has 4 unspecified atom stereocenters. The maximum Gasteiger partial charge on any atom is 0.338 e. The summed E-state index contributed by atoms with van der Waals surface area (Å²) >= 11 is 0. The van der Waals surface area contributed by atoms with Crippen LogP contribution >= 0.6 is 0 Å². The molecule has 0 radical (unpaired) electrons. The van der Waals surface area contributed by atoms with Crippen LogP contribution in [0.3, 0.4) is 0 Å². The first-order chi connectivity index (χ1) is 31.1. The second-order valence-corrected chi connectivity index (χ2v) is 18.3. The van der Waals surface area contributed by atoms with Gasteiger partial charge in [-0.05, 0) is 106 Å². The van der Waals surface area contributed by atoms with Crippen molar-refractivity contribution in [2.75, 3.05) is 26.4 Å². The SMILES string of the molecule is C=C(OCC(CC)CCCC)c1ccc2c3ccc(C(=O)OCC(CC)CCCC)c4c(C(=O)OCC(CC)CCCC)ccc(c5ccc(C(=O)OCC(CC)CCCC)c1c25)c43. The fourth-order valence-electron chi connectivity index (χ4n) is 9.33. The van der Waals surface area contributed by atoms with Gasteiger partial charge in [0.15, 0.2) is 0 Å². The zero-order valence-electron chi connectivity index (χ0n) is 40.6. The van der Waals surface area contributed by atoms with Gasteiger partial charge in [-0.15, -0.1) is 0 Å². The second-order valence-electron chi connectivity index (χ2n) is 18.3. The lowest BCUT2D eigenvalue weighted by Gasteiger charge is -2.22. The molecular formula is C57H78O7. The van der Waals surface area contributed by atoms with Crippen molar-refractivity contribution >= 4 is 66.8 Å². The average Bonchev–Trinajstić information content (AvgIpc) is 3.32. The number of hydrogen-bond acceptors (Lipinski definition) is 7. The van der Waals surface area contributed by atoms with E-state index < -0.39 is 11.9 Å². The number of carbonyl (C=O) groups is 3. The summed E-state index contributed by atoms with van der Waals surface area (Å²) in [5.74, 6) is 0.446. The van der Waals surface area contributed by atoms with Gasteiger partial charge < -0.3 is 18.9 Å². The predicted molar refractivity (Wildman–Crippen MR) is 267 cm³/mol. The maximum absolute atomic E-state index is 14.3. The summed E-state index contributed by atoms with van der Waals surface area (Å²) < 4.78 is 24.9. The first-order valence-electron chi connectivity index (χ1n) is 25.1. The van der Waals surface area contributed by atoms with Gasteiger partial charge in [0.25, 0.3) is 0 Å². The van der Waals surface area contributed by atoms with E-state index >= 15 is 0 Å². The van der Waals surface area contributed by atoms with E-state index in [0.717, 1.165) is 146 Å². The number of esters is 3. The molecule has 7 heteroatoms. The van der Waals surface area contributed by atoms with E-state index in [-0.39, 0.29) is 23.7 Å². The van der Waals surface area contributed by atoms with Gasteiger partial charge in [0, 0.05) is 16.3 Å². The Labute approximate surface area is 384 Å². The van der Waals surface area contributed by atoms with Crippen LogP contribution in [-0.2, 0) is 18.9 Å². The molecular weight excluding hydrogens is 797 g/mol. The molecule has 0 aliphatic carbocycles. The topological polar surface area (TPSA) is 88.1 Å². The van der Waals surface area contributed by atoms with Gasteiger partial charge in [0.2, 0.25) is 0 Å². The Kier molecular flexibility index (Phi) is 19.8. The lowest BCUT2D eigenvalue weighted by atomic mass is 9.84. The van der Waals surface area contributed by atoms with Gasteiger partial charge in [-0.1, -0.05) is 163 Å². The molecule has 7 nitrogen and oxygen atoms in total. The van der Waals surface area contributed by atoms with Crippen LogP contribution in [0.4, 0.5) is 0 Å². The predicted octanol–water partition coefficient (Wildman–Crippen LogP) is 16.1. The fourth-order valence-corrected chi connectivity index (χ4v) is 9.33. The van der Waals surface area contributed by atoms with Crippen molar-refractivity contribution in [2.24, 2.45) is 23.7 Å². The van der Waals surface area contributed by atoms with Gasteiger partial charge >= 0.3 is 17.9 Å². The Balaban J connectivity index is 1.73. The van der Waals surface area contributed by atoms with E-state index in [4.69, 9.17) is 18.9 Å². The van der Waals surface area contributed by atoms with Crippen molar-refractivity contribution < 1.29 is 33.3 Å². The minimum atomic E-state index is -0.450. The smallest absolute Gasteiger partial charge is 0.338 e. The van der Waals surface area contributed by atoms with Crippen molar-refractivity contribution in [3.05, 3.63) is 77.4 Å². The first kappa shape index (κ1) is 50.4. The van der Waals surface area contributed by atoms with E-state index in [1.807, 2.05) is 30.3 Å². The molecule has 0 N–H and O–H groups in total. The summed E-state index contributed by atoms with van der Waals surface area (Å²) in [7, 11) is 0. The third-order valence-corrected chi connectivity index (χ3v) is 13.9. The molecule has 5 aromatic rings. The molecule has 0 saturated carbocycles. The van der Waals surface area contributed by atoms with Gasteiger partial charge in [-0.25, -0.2) is 14.4 Å². The number of unbranched alkanes of at least 4 members (excludes halogenated alkanes) is 4. The van der Waals surface area contributed by atoms with Crippen LogP contribution in [0.15, 0.2) is 55.1 Å². The molecule has 0 aliphatic rings. The molecule has 64 heavy (non-hydrogen) atoms. The normalized spacial score (nSPS) is 13.6. The van der Waals surface area contributed by atoms with E-state index in [1.54, 1.807) is 12.1 Å². The lowest BCUT2D eigenvalue weighted by Crippen LogP contribution is -2.17. The van der Waals surface area contributed by atoms with E-state index in [2.05, 4.69) is 68.0 Å². The molecule has 4 atom stereocenters. The Bertz CT molecular complexity index is 1990.